The SMILES string of the molecule is O=C(CCN1C(=O)COc2ccccc21)Nc1ccc(C(=O)N2CC(=O)Nc3ccccc32)cc1. The van der Waals surface area contributed by atoms with Gasteiger partial charge in [0.15, 0.2) is 6.61 Å². The van der Waals surface area contributed by atoms with Crippen LogP contribution in [-0.4, -0.2) is 43.3 Å². The van der Waals surface area contributed by atoms with Crippen molar-refractivity contribution in [1.29, 1.82) is 0 Å². The highest BCUT2D eigenvalue weighted by molar-refractivity contribution is 6.15. The van der Waals surface area contributed by atoms with Crippen LogP contribution in [0.4, 0.5) is 22.7 Å². The molecule has 2 heterocycles. The minimum absolute atomic E-state index is 0.0583. The van der Waals surface area contributed by atoms with Gasteiger partial charge in [-0.15, -0.1) is 0 Å². The normalized spacial score (nSPS) is 14.4. The Morgan fingerprint density at radius 2 is 1.63 bits per heavy atom. The topological polar surface area (TPSA) is 108 Å². The second-order valence-corrected chi connectivity index (χ2v) is 8.13. The molecule has 3 aromatic carbocycles. The van der Waals surface area contributed by atoms with E-state index in [1.165, 1.54) is 4.90 Å². The molecule has 0 saturated carbocycles. The maximum absolute atomic E-state index is 13.1. The van der Waals surface area contributed by atoms with Gasteiger partial charge in [-0.05, 0) is 48.5 Å². The molecule has 0 aliphatic carbocycles. The predicted molar refractivity (Wildman–Crippen MR) is 131 cm³/mol. The third-order valence-electron chi connectivity index (χ3n) is 5.80. The Morgan fingerprint density at radius 1 is 0.914 bits per heavy atom. The molecule has 0 atom stereocenters. The summed E-state index contributed by atoms with van der Waals surface area (Å²) < 4.78 is 5.42. The summed E-state index contributed by atoms with van der Waals surface area (Å²) in [5.41, 5.74) is 2.78. The number of carbonyl (C=O) groups excluding carboxylic acids is 4. The van der Waals surface area contributed by atoms with Gasteiger partial charge in [-0.3, -0.25) is 24.1 Å². The van der Waals surface area contributed by atoms with Crippen molar-refractivity contribution in [2.75, 3.05) is 40.1 Å². The summed E-state index contributed by atoms with van der Waals surface area (Å²) in [6, 6.07) is 20.8. The molecule has 9 nitrogen and oxygen atoms in total. The average molecular weight is 470 g/mol. The van der Waals surface area contributed by atoms with E-state index in [4.69, 9.17) is 4.74 Å². The highest BCUT2D eigenvalue weighted by atomic mass is 16.5. The van der Waals surface area contributed by atoms with Crippen LogP contribution in [0.5, 0.6) is 5.75 Å². The van der Waals surface area contributed by atoms with E-state index in [2.05, 4.69) is 10.6 Å². The summed E-state index contributed by atoms with van der Waals surface area (Å²) in [5, 5.41) is 5.55. The molecule has 0 aromatic heterocycles. The van der Waals surface area contributed by atoms with Gasteiger partial charge in [0.2, 0.25) is 11.8 Å². The van der Waals surface area contributed by atoms with Crippen LogP contribution in [0.3, 0.4) is 0 Å². The van der Waals surface area contributed by atoms with Crippen LogP contribution in [0.1, 0.15) is 16.8 Å². The van der Waals surface area contributed by atoms with Crippen molar-refractivity contribution in [1.82, 2.24) is 0 Å². The lowest BCUT2D eigenvalue weighted by molar-refractivity contribution is -0.121. The van der Waals surface area contributed by atoms with Gasteiger partial charge in [-0.2, -0.15) is 0 Å². The molecule has 0 spiro atoms. The number of amides is 4. The zero-order valence-electron chi connectivity index (χ0n) is 18.7. The summed E-state index contributed by atoms with van der Waals surface area (Å²) in [5.74, 6) is -0.423. The third-order valence-corrected chi connectivity index (χ3v) is 5.80. The van der Waals surface area contributed by atoms with Gasteiger partial charge in [-0.1, -0.05) is 24.3 Å². The molecule has 0 radical (unpaired) electrons. The van der Waals surface area contributed by atoms with Gasteiger partial charge in [0.1, 0.15) is 12.3 Å². The Balaban J connectivity index is 1.22. The lowest BCUT2D eigenvalue weighted by Crippen LogP contribution is -2.42. The van der Waals surface area contributed by atoms with Crippen LogP contribution in [0.15, 0.2) is 72.8 Å². The molecule has 5 rings (SSSR count). The molecule has 9 heteroatoms. The van der Waals surface area contributed by atoms with Crippen LogP contribution in [0, 0.1) is 0 Å². The molecule has 2 N–H and O–H groups in total. The van der Waals surface area contributed by atoms with Crippen LogP contribution in [0.25, 0.3) is 0 Å². The van der Waals surface area contributed by atoms with Gasteiger partial charge >= 0.3 is 0 Å². The lowest BCUT2D eigenvalue weighted by Gasteiger charge is -2.29. The fraction of sp³-hybridized carbons (Fsp3) is 0.154. The monoisotopic (exact) mass is 470 g/mol. The fourth-order valence-corrected chi connectivity index (χ4v) is 4.10. The van der Waals surface area contributed by atoms with Crippen molar-refractivity contribution in [3.63, 3.8) is 0 Å². The van der Waals surface area contributed by atoms with Gasteiger partial charge in [0.05, 0.1) is 17.1 Å². The number of rotatable bonds is 5. The number of benzene rings is 3. The number of ether oxygens (including phenoxy) is 1. The summed E-state index contributed by atoms with van der Waals surface area (Å²) in [6.45, 7) is 0.0903. The zero-order chi connectivity index (χ0) is 24.4. The second-order valence-electron chi connectivity index (χ2n) is 8.13. The molecule has 35 heavy (non-hydrogen) atoms. The molecule has 3 aromatic rings. The first-order chi connectivity index (χ1) is 17.0. The number of nitrogens with one attached hydrogen (secondary N) is 2. The summed E-state index contributed by atoms with van der Waals surface area (Å²) in [4.78, 5) is 52.8. The Kier molecular flexibility index (Phi) is 5.88. The van der Waals surface area contributed by atoms with Crippen LogP contribution < -0.4 is 25.2 Å². The van der Waals surface area contributed by atoms with Crippen molar-refractivity contribution in [2.45, 2.75) is 6.42 Å². The van der Waals surface area contributed by atoms with Gasteiger partial charge in [0.25, 0.3) is 11.8 Å². The minimum Gasteiger partial charge on any atom is -0.482 e. The van der Waals surface area contributed by atoms with E-state index in [0.717, 1.165) is 0 Å². The fourth-order valence-electron chi connectivity index (χ4n) is 4.10. The maximum atomic E-state index is 13.1. The number of fused-ring (bicyclic) bond motifs is 2. The molecule has 0 bridgehead atoms. The minimum atomic E-state index is -0.310. The Morgan fingerprint density at radius 3 is 2.43 bits per heavy atom. The van der Waals surface area contributed by atoms with E-state index in [1.54, 1.807) is 65.6 Å². The molecule has 0 fully saturated rings. The zero-order valence-corrected chi connectivity index (χ0v) is 18.7. The molecule has 4 amide bonds. The molecule has 0 unspecified atom stereocenters. The largest absolute Gasteiger partial charge is 0.482 e. The van der Waals surface area contributed by atoms with Crippen molar-refractivity contribution < 1.29 is 23.9 Å². The summed E-state index contributed by atoms with van der Waals surface area (Å²) in [6.07, 6.45) is 0.0976. The van der Waals surface area contributed by atoms with Gasteiger partial charge < -0.3 is 20.3 Å². The first kappa shape index (κ1) is 22.1. The summed E-state index contributed by atoms with van der Waals surface area (Å²) >= 11 is 0. The van der Waals surface area contributed by atoms with Crippen molar-refractivity contribution >= 4 is 46.4 Å². The molecule has 2 aliphatic heterocycles. The van der Waals surface area contributed by atoms with Crippen LogP contribution in [0.2, 0.25) is 0 Å². The average Bonchev–Trinajstić information content (AvgIpc) is 2.87. The number of hydrogen-bond donors (Lipinski definition) is 2. The van der Waals surface area contributed by atoms with Crippen molar-refractivity contribution in [3.05, 3.63) is 78.4 Å². The van der Waals surface area contributed by atoms with E-state index >= 15 is 0 Å². The first-order valence-corrected chi connectivity index (χ1v) is 11.1. The predicted octanol–water partition coefficient (Wildman–Crippen LogP) is 3.04. The van der Waals surface area contributed by atoms with Gasteiger partial charge in [0, 0.05) is 24.2 Å². The number of para-hydroxylation sites is 4. The molecular weight excluding hydrogens is 448 g/mol. The molecular formula is C26H22N4O5. The Hall–Kier alpha value is -4.66. The third kappa shape index (κ3) is 4.56. The van der Waals surface area contributed by atoms with E-state index in [9.17, 15) is 19.2 Å². The number of hydrogen-bond acceptors (Lipinski definition) is 5. The number of carbonyl (C=O) groups is 4. The van der Waals surface area contributed by atoms with Crippen LogP contribution in [-0.2, 0) is 14.4 Å². The van der Waals surface area contributed by atoms with Gasteiger partial charge in [-0.25, -0.2) is 0 Å². The number of nitrogens with zero attached hydrogens (tertiary/aromatic N) is 2. The van der Waals surface area contributed by atoms with E-state index in [0.29, 0.717) is 34.1 Å². The van der Waals surface area contributed by atoms with E-state index in [-0.39, 0.29) is 49.7 Å². The standard InChI is InChI=1S/C26H22N4O5/c31-23(13-14-29-21-7-3-4-8-22(21)35-16-25(29)33)27-18-11-9-17(10-12-18)26(34)30-15-24(32)28-19-5-1-2-6-20(19)30/h1-12H,13-16H2,(H,27,31)(H,28,32). The first-order valence-electron chi connectivity index (χ1n) is 11.1. The van der Waals surface area contributed by atoms with Crippen molar-refractivity contribution in [2.24, 2.45) is 0 Å². The Labute approximate surface area is 201 Å². The second kappa shape index (κ2) is 9.30. The van der Waals surface area contributed by atoms with E-state index in [1.807, 2.05) is 12.1 Å². The lowest BCUT2D eigenvalue weighted by atomic mass is 10.1. The Bertz CT molecular complexity index is 1320. The highest BCUT2D eigenvalue weighted by Gasteiger charge is 2.28. The molecule has 0 saturated heterocycles. The molecule has 176 valence electrons. The van der Waals surface area contributed by atoms with E-state index < -0.39 is 0 Å². The quantitative estimate of drug-likeness (QED) is 0.596. The van der Waals surface area contributed by atoms with Crippen molar-refractivity contribution in [3.8, 4) is 5.75 Å². The van der Waals surface area contributed by atoms with Crippen LogP contribution >= 0.6 is 0 Å². The summed E-state index contributed by atoms with van der Waals surface area (Å²) in [7, 11) is 0. The molecule has 2 aliphatic rings. The maximum Gasteiger partial charge on any atom is 0.265 e. The highest BCUT2D eigenvalue weighted by Crippen LogP contribution is 2.32. The smallest absolute Gasteiger partial charge is 0.265 e. The number of anilines is 4.